The molecule has 2 aromatic heterocycles. The average molecular weight is 386 g/mol. The van der Waals surface area contributed by atoms with E-state index in [4.69, 9.17) is 21.1 Å². The molecule has 1 aliphatic rings. The van der Waals surface area contributed by atoms with Crippen molar-refractivity contribution in [1.29, 1.82) is 0 Å². The van der Waals surface area contributed by atoms with E-state index in [2.05, 4.69) is 10.3 Å². The largest absolute Gasteiger partial charge is 0.489 e. The molecular weight excluding hydrogens is 366 g/mol. The zero-order valence-electron chi connectivity index (χ0n) is 14.8. The van der Waals surface area contributed by atoms with Crippen molar-refractivity contribution < 1.29 is 14.3 Å². The van der Waals surface area contributed by atoms with Crippen molar-refractivity contribution in [1.82, 2.24) is 14.7 Å². The van der Waals surface area contributed by atoms with Crippen LogP contribution in [0.2, 0.25) is 5.02 Å². The highest BCUT2D eigenvalue weighted by Gasteiger charge is 2.16. The second-order valence-electron chi connectivity index (χ2n) is 6.43. The van der Waals surface area contributed by atoms with Crippen molar-refractivity contribution in [3.8, 4) is 11.5 Å². The molecule has 0 aliphatic carbocycles. The number of benzene rings is 1. The lowest BCUT2D eigenvalue weighted by Crippen LogP contribution is -2.27. The van der Waals surface area contributed by atoms with Crippen LogP contribution >= 0.6 is 11.6 Å². The van der Waals surface area contributed by atoms with E-state index >= 15 is 0 Å². The van der Waals surface area contributed by atoms with E-state index in [0.717, 1.165) is 23.3 Å². The van der Waals surface area contributed by atoms with E-state index in [1.807, 2.05) is 41.1 Å². The Labute approximate surface area is 162 Å². The molecule has 0 unspecified atom stereocenters. The fraction of sp³-hybridized carbons (Fsp3) is 0.300. The van der Waals surface area contributed by atoms with Gasteiger partial charge in [0.15, 0.2) is 11.5 Å². The number of amides is 1. The average Bonchev–Trinajstić information content (AvgIpc) is 2.90. The molecule has 0 radical (unpaired) electrons. The normalized spacial score (nSPS) is 13.4. The summed E-state index contributed by atoms with van der Waals surface area (Å²) in [5.41, 5.74) is 2.65. The Morgan fingerprint density at radius 3 is 3.04 bits per heavy atom. The minimum Gasteiger partial charge on any atom is -0.489 e. The first-order chi connectivity index (χ1) is 13.2. The fourth-order valence-electron chi connectivity index (χ4n) is 3.07. The minimum atomic E-state index is -0.0654. The zero-order chi connectivity index (χ0) is 18.6. The van der Waals surface area contributed by atoms with Crippen LogP contribution in [0.25, 0.3) is 5.65 Å². The zero-order valence-corrected chi connectivity index (χ0v) is 15.5. The number of pyridine rings is 1. The van der Waals surface area contributed by atoms with Crippen LogP contribution < -0.4 is 14.8 Å². The van der Waals surface area contributed by atoms with Crippen LogP contribution in [-0.4, -0.2) is 35.1 Å². The summed E-state index contributed by atoms with van der Waals surface area (Å²) in [7, 11) is 0. The number of fused-ring (bicyclic) bond motifs is 2. The van der Waals surface area contributed by atoms with Crippen molar-refractivity contribution in [3.05, 3.63) is 59.0 Å². The third kappa shape index (κ3) is 4.17. The summed E-state index contributed by atoms with van der Waals surface area (Å²) in [6.45, 7) is 1.69. The molecule has 1 amide bonds. The molecule has 6 nitrogen and oxygen atoms in total. The number of imidazole rings is 1. The second-order valence-corrected chi connectivity index (χ2v) is 6.84. The molecule has 27 heavy (non-hydrogen) atoms. The van der Waals surface area contributed by atoms with Gasteiger partial charge < -0.3 is 19.2 Å². The van der Waals surface area contributed by atoms with Crippen LogP contribution in [-0.2, 0) is 17.6 Å². The number of carbonyl (C=O) groups excluding carboxylic acids is 1. The summed E-state index contributed by atoms with van der Waals surface area (Å²) >= 11 is 6.28. The number of nitrogens with one attached hydrogen (secondary N) is 1. The van der Waals surface area contributed by atoms with E-state index in [-0.39, 0.29) is 12.3 Å². The lowest BCUT2D eigenvalue weighted by atomic mass is 10.1. The van der Waals surface area contributed by atoms with Gasteiger partial charge in [0.1, 0.15) is 5.65 Å². The number of rotatable bonds is 5. The molecule has 0 bridgehead atoms. The molecule has 0 saturated carbocycles. The topological polar surface area (TPSA) is 64.9 Å². The van der Waals surface area contributed by atoms with Crippen LogP contribution in [0.3, 0.4) is 0 Å². The molecule has 7 heteroatoms. The van der Waals surface area contributed by atoms with E-state index in [1.165, 1.54) is 0 Å². The maximum Gasteiger partial charge on any atom is 0.224 e. The molecule has 0 atom stereocenters. The Kier molecular flexibility index (Phi) is 5.16. The summed E-state index contributed by atoms with van der Waals surface area (Å²) < 4.78 is 13.2. The number of ether oxygens (including phenoxy) is 2. The standard InChI is InChI=1S/C20H20ClN3O3/c21-16-10-14(11-17-20(16)27-9-3-8-26-17)12-19(25)22-6-5-15-13-24-7-2-1-4-18(24)23-15/h1-2,4,7,10-11,13H,3,5-6,8-9,12H2,(H,22,25). The number of hydrogen-bond donors (Lipinski definition) is 1. The van der Waals surface area contributed by atoms with Gasteiger partial charge in [-0.1, -0.05) is 17.7 Å². The maximum absolute atomic E-state index is 12.3. The molecule has 1 aliphatic heterocycles. The van der Waals surface area contributed by atoms with Gasteiger partial charge in [0.2, 0.25) is 5.91 Å². The van der Waals surface area contributed by atoms with Crippen LogP contribution in [0.5, 0.6) is 11.5 Å². The predicted octanol–water partition coefficient (Wildman–Crippen LogP) is 3.05. The quantitative estimate of drug-likeness (QED) is 0.733. The van der Waals surface area contributed by atoms with Crippen molar-refractivity contribution >= 4 is 23.2 Å². The van der Waals surface area contributed by atoms with Gasteiger partial charge in [0.05, 0.1) is 30.4 Å². The molecular formula is C20H20ClN3O3. The Bertz CT molecular complexity index is 937. The molecule has 4 rings (SSSR count). The van der Waals surface area contributed by atoms with Gasteiger partial charge in [-0.05, 0) is 29.8 Å². The van der Waals surface area contributed by atoms with E-state index in [0.29, 0.717) is 42.7 Å². The van der Waals surface area contributed by atoms with Gasteiger partial charge in [0.25, 0.3) is 0 Å². The van der Waals surface area contributed by atoms with Gasteiger partial charge in [-0.3, -0.25) is 4.79 Å². The number of aromatic nitrogens is 2. The van der Waals surface area contributed by atoms with Crippen LogP contribution in [0.1, 0.15) is 17.7 Å². The number of nitrogens with zero attached hydrogens (tertiary/aromatic N) is 2. The summed E-state index contributed by atoms with van der Waals surface area (Å²) in [5, 5.41) is 3.41. The fourth-order valence-corrected chi connectivity index (χ4v) is 3.36. The monoisotopic (exact) mass is 385 g/mol. The SMILES string of the molecule is O=C(Cc1cc(Cl)c2c(c1)OCCCO2)NCCc1cn2ccccc2n1. The Balaban J connectivity index is 1.34. The summed E-state index contributed by atoms with van der Waals surface area (Å²) in [5.74, 6) is 1.10. The highest BCUT2D eigenvalue weighted by molar-refractivity contribution is 6.32. The first kappa shape index (κ1) is 17.7. The van der Waals surface area contributed by atoms with Crippen LogP contribution in [0, 0.1) is 0 Å². The third-order valence-corrected chi connectivity index (χ3v) is 4.62. The smallest absolute Gasteiger partial charge is 0.224 e. The minimum absolute atomic E-state index is 0.0654. The molecule has 0 spiro atoms. The highest BCUT2D eigenvalue weighted by atomic mass is 35.5. The van der Waals surface area contributed by atoms with Gasteiger partial charge in [-0.15, -0.1) is 0 Å². The molecule has 3 aromatic rings. The summed E-state index contributed by atoms with van der Waals surface area (Å²) in [6.07, 6.45) is 5.66. The first-order valence-electron chi connectivity index (χ1n) is 8.96. The van der Waals surface area contributed by atoms with Crippen molar-refractivity contribution in [3.63, 3.8) is 0 Å². The van der Waals surface area contributed by atoms with E-state index < -0.39 is 0 Å². The van der Waals surface area contributed by atoms with Gasteiger partial charge in [-0.25, -0.2) is 4.98 Å². The molecule has 1 aromatic carbocycles. The number of halogens is 1. The van der Waals surface area contributed by atoms with Crippen LogP contribution in [0.4, 0.5) is 0 Å². The number of hydrogen-bond acceptors (Lipinski definition) is 4. The highest BCUT2D eigenvalue weighted by Crippen LogP contribution is 2.38. The van der Waals surface area contributed by atoms with Crippen molar-refractivity contribution in [2.45, 2.75) is 19.3 Å². The molecule has 3 heterocycles. The molecule has 0 fully saturated rings. The molecule has 140 valence electrons. The van der Waals surface area contributed by atoms with Gasteiger partial charge in [0, 0.05) is 31.8 Å². The first-order valence-corrected chi connectivity index (χ1v) is 9.34. The summed E-state index contributed by atoms with van der Waals surface area (Å²) in [4.78, 5) is 16.8. The van der Waals surface area contributed by atoms with Gasteiger partial charge in [-0.2, -0.15) is 0 Å². The Morgan fingerprint density at radius 1 is 1.26 bits per heavy atom. The molecule has 0 saturated heterocycles. The second kappa shape index (κ2) is 7.88. The third-order valence-electron chi connectivity index (χ3n) is 4.34. The predicted molar refractivity (Wildman–Crippen MR) is 103 cm³/mol. The Hall–Kier alpha value is -2.73. The molecule has 1 N–H and O–H groups in total. The van der Waals surface area contributed by atoms with Crippen molar-refractivity contribution in [2.24, 2.45) is 0 Å². The lowest BCUT2D eigenvalue weighted by Gasteiger charge is -2.11. The number of carbonyl (C=O) groups is 1. The summed E-state index contributed by atoms with van der Waals surface area (Å²) in [6, 6.07) is 9.45. The maximum atomic E-state index is 12.3. The van der Waals surface area contributed by atoms with E-state index in [1.54, 1.807) is 6.07 Å². The van der Waals surface area contributed by atoms with Gasteiger partial charge >= 0.3 is 0 Å². The lowest BCUT2D eigenvalue weighted by molar-refractivity contribution is -0.120. The Morgan fingerprint density at radius 2 is 2.15 bits per heavy atom. The van der Waals surface area contributed by atoms with Crippen molar-refractivity contribution in [2.75, 3.05) is 19.8 Å². The van der Waals surface area contributed by atoms with Crippen LogP contribution in [0.15, 0.2) is 42.7 Å². The van der Waals surface area contributed by atoms with E-state index in [9.17, 15) is 4.79 Å².